The van der Waals surface area contributed by atoms with Crippen LogP contribution in [0.2, 0.25) is 0 Å². The predicted molar refractivity (Wildman–Crippen MR) is 73.6 cm³/mol. The average Bonchev–Trinajstić information content (AvgIpc) is 2.93. The number of carbonyl (C=O) groups is 1. The lowest BCUT2D eigenvalue weighted by molar-refractivity contribution is 0.0950. The van der Waals surface area contributed by atoms with Gasteiger partial charge in [-0.2, -0.15) is 5.10 Å². The van der Waals surface area contributed by atoms with Gasteiger partial charge >= 0.3 is 0 Å². The normalized spacial score (nSPS) is 10.8. The Balaban J connectivity index is 1.77. The van der Waals surface area contributed by atoms with Crippen molar-refractivity contribution in [3.05, 3.63) is 65.4 Å². The number of halogens is 2. The molecule has 0 aliphatic carbocycles. The molecule has 0 unspecified atom stereocenters. The number of hydrogen-bond donors (Lipinski definition) is 2. The third-order valence-corrected chi connectivity index (χ3v) is 3.19. The summed E-state index contributed by atoms with van der Waals surface area (Å²) in [5.74, 6) is -1.76. The number of hydrogen-bond acceptors (Lipinski definition) is 2. The maximum atomic E-state index is 13.5. The summed E-state index contributed by atoms with van der Waals surface area (Å²) in [6.07, 6.45) is 1.60. The maximum Gasteiger partial charge on any atom is 0.251 e. The Labute approximate surface area is 118 Å². The summed E-state index contributed by atoms with van der Waals surface area (Å²) in [4.78, 5) is 12.0. The highest BCUT2D eigenvalue weighted by molar-refractivity contribution is 5.97. The minimum Gasteiger partial charge on any atom is -0.348 e. The lowest BCUT2D eigenvalue weighted by Crippen LogP contribution is -2.23. The summed E-state index contributed by atoms with van der Waals surface area (Å²) >= 11 is 0. The molecule has 106 valence electrons. The van der Waals surface area contributed by atoms with Gasteiger partial charge < -0.3 is 5.32 Å². The van der Waals surface area contributed by atoms with Gasteiger partial charge in [-0.1, -0.05) is 6.07 Å². The van der Waals surface area contributed by atoms with Crippen molar-refractivity contribution in [1.82, 2.24) is 15.5 Å². The van der Waals surface area contributed by atoms with Gasteiger partial charge in [-0.25, -0.2) is 8.78 Å². The third-order valence-electron chi connectivity index (χ3n) is 3.19. The number of aromatic amines is 1. The zero-order valence-electron chi connectivity index (χ0n) is 10.9. The van der Waals surface area contributed by atoms with Crippen molar-refractivity contribution in [2.75, 3.05) is 0 Å². The number of rotatable bonds is 3. The molecule has 0 radical (unpaired) electrons. The molecule has 0 saturated carbocycles. The van der Waals surface area contributed by atoms with Crippen LogP contribution in [0.25, 0.3) is 10.9 Å². The highest BCUT2D eigenvalue weighted by Gasteiger charge is 2.11. The molecule has 0 spiro atoms. The van der Waals surface area contributed by atoms with Crippen molar-refractivity contribution >= 4 is 16.8 Å². The van der Waals surface area contributed by atoms with E-state index in [1.165, 1.54) is 6.07 Å². The predicted octanol–water partition coefficient (Wildman–Crippen LogP) is 2.77. The zero-order valence-corrected chi connectivity index (χ0v) is 10.9. The molecule has 3 aromatic rings. The highest BCUT2D eigenvalue weighted by Crippen LogP contribution is 2.14. The van der Waals surface area contributed by atoms with E-state index in [4.69, 9.17) is 0 Å². The van der Waals surface area contributed by atoms with Crippen LogP contribution in [0.3, 0.4) is 0 Å². The van der Waals surface area contributed by atoms with Crippen LogP contribution in [0.5, 0.6) is 0 Å². The number of benzene rings is 2. The fraction of sp³-hybridized carbons (Fsp3) is 0.0667. The molecule has 6 heteroatoms. The molecule has 3 rings (SSSR count). The first-order chi connectivity index (χ1) is 10.1. The lowest BCUT2D eigenvalue weighted by atomic mass is 10.1. The second-order valence-corrected chi connectivity index (χ2v) is 4.55. The molecule has 4 nitrogen and oxygen atoms in total. The summed E-state index contributed by atoms with van der Waals surface area (Å²) in [7, 11) is 0. The summed E-state index contributed by atoms with van der Waals surface area (Å²) in [5.41, 5.74) is 1.06. The number of H-pyrrole nitrogens is 1. The van der Waals surface area contributed by atoms with Gasteiger partial charge in [0.05, 0.1) is 11.7 Å². The summed E-state index contributed by atoms with van der Waals surface area (Å²) in [5, 5.41) is 9.94. The summed E-state index contributed by atoms with van der Waals surface area (Å²) in [6.45, 7) is -0.208. The van der Waals surface area contributed by atoms with Gasteiger partial charge in [0.25, 0.3) is 5.91 Å². The van der Waals surface area contributed by atoms with E-state index in [2.05, 4.69) is 15.5 Å². The van der Waals surface area contributed by atoms with Crippen molar-refractivity contribution in [3.8, 4) is 0 Å². The molecule has 0 aliphatic heterocycles. The molecule has 0 aliphatic rings. The molecular formula is C15H11F2N3O. The highest BCUT2D eigenvalue weighted by atomic mass is 19.1. The van der Waals surface area contributed by atoms with E-state index >= 15 is 0 Å². The van der Waals surface area contributed by atoms with Crippen LogP contribution in [0.15, 0.2) is 42.6 Å². The van der Waals surface area contributed by atoms with Gasteiger partial charge in [-0.3, -0.25) is 9.89 Å². The van der Waals surface area contributed by atoms with Gasteiger partial charge in [0.1, 0.15) is 11.6 Å². The Bertz CT molecular complexity index is 793. The molecule has 0 bridgehead atoms. The van der Waals surface area contributed by atoms with Crippen molar-refractivity contribution in [3.63, 3.8) is 0 Å². The first kappa shape index (κ1) is 13.2. The van der Waals surface area contributed by atoms with E-state index in [0.29, 0.717) is 5.56 Å². The second-order valence-electron chi connectivity index (χ2n) is 4.55. The van der Waals surface area contributed by atoms with Crippen LogP contribution in [0.4, 0.5) is 8.78 Å². The standard InChI is InChI=1S/C15H11F2N3O/c16-12-2-1-3-13(17)11(12)8-18-15(21)9-4-5-14-10(6-9)7-19-20-14/h1-7H,8H2,(H,18,21)(H,19,20). The number of nitrogens with one attached hydrogen (secondary N) is 2. The molecule has 0 atom stereocenters. The van der Waals surface area contributed by atoms with Crippen LogP contribution in [-0.4, -0.2) is 16.1 Å². The molecule has 1 heterocycles. The maximum absolute atomic E-state index is 13.5. The zero-order chi connectivity index (χ0) is 14.8. The Kier molecular flexibility index (Phi) is 3.35. The molecule has 0 fully saturated rings. The van der Waals surface area contributed by atoms with E-state index < -0.39 is 17.5 Å². The van der Waals surface area contributed by atoms with Crippen LogP contribution in [-0.2, 0) is 6.54 Å². The number of amides is 1. The van der Waals surface area contributed by atoms with Gasteiger partial charge in [-0.15, -0.1) is 0 Å². The fourth-order valence-electron chi connectivity index (χ4n) is 2.06. The van der Waals surface area contributed by atoms with Crippen molar-refractivity contribution < 1.29 is 13.6 Å². The number of carbonyl (C=O) groups excluding carboxylic acids is 1. The van der Waals surface area contributed by atoms with Gasteiger partial charge in [0.15, 0.2) is 0 Å². The molecule has 0 saturated heterocycles. The van der Waals surface area contributed by atoms with Crippen LogP contribution >= 0.6 is 0 Å². The molecule has 2 N–H and O–H groups in total. The smallest absolute Gasteiger partial charge is 0.251 e. The topological polar surface area (TPSA) is 57.8 Å². The molecule has 1 aromatic heterocycles. The number of nitrogens with zero attached hydrogens (tertiary/aromatic N) is 1. The Morgan fingerprint density at radius 2 is 1.95 bits per heavy atom. The van der Waals surface area contributed by atoms with Gasteiger partial charge in [-0.05, 0) is 30.3 Å². The van der Waals surface area contributed by atoms with Crippen LogP contribution < -0.4 is 5.32 Å². The minimum absolute atomic E-state index is 0.157. The number of fused-ring (bicyclic) bond motifs is 1. The van der Waals surface area contributed by atoms with Crippen LogP contribution in [0, 0.1) is 11.6 Å². The summed E-state index contributed by atoms with van der Waals surface area (Å²) < 4.78 is 26.9. The van der Waals surface area contributed by atoms with E-state index in [1.54, 1.807) is 24.4 Å². The van der Waals surface area contributed by atoms with Crippen molar-refractivity contribution in [1.29, 1.82) is 0 Å². The molecule has 2 aromatic carbocycles. The first-order valence-electron chi connectivity index (χ1n) is 6.29. The Hall–Kier alpha value is -2.76. The third kappa shape index (κ3) is 2.60. The molecule has 1 amide bonds. The second kappa shape index (κ2) is 5.32. The summed E-state index contributed by atoms with van der Waals surface area (Å²) in [6, 6.07) is 8.59. The SMILES string of the molecule is O=C(NCc1c(F)cccc1F)c1ccc2[nH]ncc2c1. The Morgan fingerprint density at radius 3 is 2.71 bits per heavy atom. The minimum atomic E-state index is -0.680. The monoisotopic (exact) mass is 287 g/mol. The average molecular weight is 287 g/mol. The first-order valence-corrected chi connectivity index (χ1v) is 6.29. The quantitative estimate of drug-likeness (QED) is 0.778. The largest absolute Gasteiger partial charge is 0.348 e. The van der Waals surface area contributed by atoms with Crippen LogP contribution in [0.1, 0.15) is 15.9 Å². The van der Waals surface area contributed by atoms with Gasteiger partial charge in [0.2, 0.25) is 0 Å². The Morgan fingerprint density at radius 1 is 1.19 bits per heavy atom. The van der Waals surface area contributed by atoms with E-state index in [1.807, 2.05) is 0 Å². The molecular weight excluding hydrogens is 276 g/mol. The van der Waals surface area contributed by atoms with E-state index in [0.717, 1.165) is 23.0 Å². The van der Waals surface area contributed by atoms with Gasteiger partial charge in [0, 0.05) is 23.1 Å². The van der Waals surface area contributed by atoms with Crippen molar-refractivity contribution in [2.24, 2.45) is 0 Å². The fourth-order valence-corrected chi connectivity index (χ4v) is 2.06. The molecule has 21 heavy (non-hydrogen) atoms. The number of aromatic nitrogens is 2. The van der Waals surface area contributed by atoms with E-state index in [9.17, 15) is 13.6 Å². The van der Waals surface area contributed by atoms with E-state index in [-0.39, 0.29) is 12.1 Å². The lowest BCUT2D eigenvalue weighted by Gasteiger charge is -2.07. The van der Waals surface area contributed by atoms with Crippen molar-refractivity contribution in [2.45, 2.75) is 6.54 Å².